The molecular formula is C15H20O4. The maximum atomic E-state index is 12.0. The van der Waals surface area contributed by atoms with Gasteiger partial charge >= 0.3 is 11.9 Å². The minimum absolute atomic E-state index is 0.236. The minimum Gasteiger partial charge on any atom is -0.465 e. The first-order chi connectivity index (χ1) is 8.99. The fourth-order valence-electron chi connectivity index (χ4n) is 2.00. The van der Waals surface area contributed by atoms with Crippen LogP contribution in [0.5, 0.6) is 0 Å². The van der Waals surface area contributed by atoms with Crippen LogP contribution in [0.1, 0.15) is 36.5 Å². The smallest absolute Gasteiger partial charge is 0.324 e. The largest absolute Gasteiger partial charge is 0.465 e. The van der Waals surface area contributed by atoms with Gasteiger partial charge in [0.25, 0.3) is 0 Å². The average Bonchev–Trinajstić information content (AvgIpc) is 2.28. The molecule has 0 aliphatic heterocycles. The molecule has 0 amide bonds. The number of esters is 2. The lowest BCUT2D eigenvalue weighted by Gasteiger charge is -2.15. The maximum absolute atomic E-state index is 12.0. The molecule has 1 rings (SSSR count). The van der Waals surface area contributed by atoms with Gasteiger partial charge < -0.3 is 9.47 Å². The van der Waals surface area contributed by atoms with Crippen molar-refractivity contribution < 1.29 is 19.1 Å². The van der Waals surface area contributed by atoms with Gasteiger partial charge in [-0.2, -0.15) is 0 Å². The van der Waals surface area contributed by atoms with Crippen molar-refractivity contribution in [3.05, 3.63) is 34.9 Å². The van der Waals surface area contributed by atoms with Crippen LogP contribution in [0.3, 0.4) is 0 Å². The lowest BCUT2D eigenvalue weighted by Crippen LogP contribution is -2.26. The number of hydrogen-bond acceptors (Lipinski definition) is 4. The average molecular weight is 264 g/mol. The molecule has 19 heavy (non-hydrogen) atoms. The predicted octanol–water partition coefficient (Wildman–Crippen LogP) is 2.51. The maximum Gasteiger partial charge on any atom is 0.324 e. The highest BCUT2D eigenvalue weighted by Crippen LogP contribution is 2.22. The first-order valence-corrected chi connectivity index (χ1v) is 6.41. The Morgan fingerprint density at radius 3 is 1.74 bits per heavy atom. The fraction of sp³-hybridized carbons (Fsp3) is 0.467. The zero-order valence-corrected chi connectivity index (χ0v) is 11.9. The lowest BCUT2D eigenvalue weighted by atomic mass is 9.95. The number of aryl methyl sites for hydroxylation is 2. The van der Waals surface area contributed by atoms with Crippen LogP contribution in [0.25, 0.3) is 0 Å². The van der Waals surface area contributed by atoms with Crippen molar-refractivity contribution in [3.63, 3.8) is 0 Å². The van der Waals surface area contributed by atoms with Crippen molar-refractivity contribution in [2.75, 3.05) is 13.2 Å². The zero-order chi connectivity index (χ0) is 14.4. The number of carbonyl (C=O) groups is 2. The molecule has 4 heteroatoms. The Morgan fingerprint density at radius 2 is 1.37 bits per heavy atom. The molecule has 0 radical (unpaired) electrons. The molecular weight excluding hydrogens is 244 g/mol. The van der Waals surface area contributed by atoms with Gasteiger partial charge in [-0.25, -0.2) is 0 Å². The van der Waals surface area contributed by atoms with E-state index in [9.17, 15) is 9.59 Å². The molecule has 0 saturated carbocycles. The summed E-state index contributed by atoms with van der Waals surface area (Å²) < 4.78 is 9.93. The van der Waals surface area contributed by atoms with Gasteiger partial charge in [-0.1, -0.05) is 29.3 Å². The van der Waals surface area contributed by atoms with Crippen molar-refractivity contribution in [1.29, 1.82) is 0 Å². The number of ether oxygens (including phenoxy) is 2. The van der Waals surface area contributed by atoms with Gasteiger partial charge in [-0.3, -0.25) is 9.59 Å². The molecule has 1 aromatic rings. The van der Waals surface area contributed by atoms with E-state index in [0.717, 1.165) is 11.1 Å². The van der Waals surface area contributed by atoms with Crippen molar-refractivity contribution in [2.24, 2.45) is 0 Å². The number of rotatable bonds is 5. The van der Waals surface area contributed by atoms with Gasteiger partial charge in [0.05, 0.1) is 13.2 Å². The molecule has 1 aromatic carbocycles. The summed E-state index contributed by atoms with van der Waals surface area (Å²) in [7, 11) is 0. The second kappa shape index (κ2) is 6.92. The molecule has 0 heterocycles. The summed E-state index contributed by atoms with van der Waals surface area (Å²) in [6.45, 7) is 7.73. The van der Waals surface area contributed by atoms with Crippen molar-refractivity contribution in [1.82, 2.24) is 0 Å². The van der Waals surface area contributed by atoms with E-state index in [1.807, 2.05) is 32.0 Å². The first kappa shape index (κ1) is 15.2. The lowest BCUT2D eigenvalue weighted by molar-refractivity contribution is -0.156. The van der Waals surface area contributed by atoms with Gasteiger partial charge in [0.2, 0.25) is 0 Å². The highest BCUT2D eigenvalue weighted by Gasteiger charge is 2.31. The number of carbonyl (C=O) groups excluding carboxylic acids is 2. The van der Waals surface area contributed by atoms with Crippen LogP contribution in [0.15, 0.2) is 18.2 Å². The molecule has 0 N–H and O–H groups in total. The fourth-order valence-corrected chi connectivity index (χ4v) is 2.00. The van der Waals surface area contributed by atoms with E-state index in [1.54, 1.807) is 13.8 Å². The van der Waals surface area contributed by atoms with E-state index in [4.69, 9.17) is 9.47 Å². The summed E-state index contributed by atoms with van der Waals surface area (Å²) in [4.78, 5) is 23.9. The Morgan fingerprint density at radius 1 is 0.947 bits per heavy atom. The number of hydrogen-bond donors (Lipinski definition) is 0. The molecule has 0 bridgehead atoms. The summed E-state index contributed by atoms with van der Waals surface area (Å²) in [5.41, 5.74) is 2.61. The summed E-state index contributed by atoms with van der Waals surface area (Å²) >= 11 is 0. The molecule has 0 unspecified atom stereocenters. The van der Waals surface area contributed by atoms with Gasteiger partial charge in [0, 0.05) is 0 Å². The van der Waals surface area contributed by atoms with Crippen molar-refractivity contribution in [2.45, 2.75) is 33.6 Å². The van der Waals surface area contributed by atoms with Gasteiger partial charge in [-0.15, -0.1) is 0 Å². The highest BCUT2D eigenvalue weighted by molar-refractivity contribution is 6.00. The monoisotopic (exact) mass is 264 g/mol. The quantitative estimate of drug-likeness (QED) is 0.605. The second-order valence-electron chi connectivity index (χ2n) is 4.36. The molecule has 0 aliphatic rings. The van der Waals surface area contributed by atoms with E-state index in [1.165, 1.54) is 0 Å². The van der Waals surface area contributed by atoms with Crippen LogP contribution < -0.4 is 0 Å². The minimum atomic E-state index is -1.00. The Bertz CT molecular complexity index is 427. The van der Waals surface area contributed by atoms with Gasteiger partial charge in [0.15, 0.2) is 5.92 Å². The molecule has 0 aromatic heterocycles. The van der Waals surface area contributed by atoms with Crippen LogP contribution in [-0.2, 0) is 19.1 Å². The Labute approximate surface area is 113 Å². The van der Waals surface area contributed by atoms with Crippen molar-refractivity contribution >= 4 is 11.9 Å². The van der Waals surface area contributed by atoms with E-state index >= 15 is 0 Å². The van der Waals surface area contributed by atoms with Crippen molar-refractivity contribution in [3.8, 4) is 0 Å². The van der Waals surface area contributed by atoms with Gasteiger partial charge in [-0.05, 0) is 33.3 Å². The third-order valence-electron chi connectivity index (χ3n) is 2.62. The second-order valence-corrected chi connectivity index (χ2v) is 4.36. The predicted molar refractivity (Wildman–Crippen MR) is 71.9 cm³/mol. The molecule has 0 aliphatic carbocycles. The topological polar surface area (TPSA) is 52.6 Å². The summed E-state index contributed by atoms with van der Waals surface area (Å²) in [6, 6.07) is 5.61. The van der Waals surface area contributed by atoms with E-state index in [0.29, 0.717) is 5.56 Å². The molecule has 4 nitrogen and oxygen atoms in total. The highest BCUT2D eigenvalue weighted by atomic mass is 16.6. The van der Waals surface area contributed by atoms with Crippen LogP contribution in [-0.4, -0.2) is 25.2 Å². The Hall–Kier alpha value is -1.84. The van der Waals surface area contributed by atoms with Crippen LogP contribution in [0.4, 0.5) is 0 Å². The summed E-state index contributed by atoms with van der Waals surface area (Å²) in [5, 5.41) is 0. The first-order valence-electron chi connectivity index (χ1n) is 6.41. The third kappa shape index (κ3) is 4.09. The van der Waals surface area contributed by atoms with E-state index in [2.05, 4.69) is 0 Å². The van der Waals surface area contributed by atoms with E-state index < -0.39 is 17.9 Å². The van der Waals surface area contributed by atoms with Gasteiger partial charge in [0.1, 0.15) is 0 Å². The summed E-state index contributed by atoms with van der Waals surface area (Å²) in [6.07, 6.45) is 0. The Kier molecular flexibility index (Phi) is 5.55. The van der Waals surface area contributed by atoms with E-state index in [-0.39, 0.29) is 13.2 Å². The Balaban J connectivity index is 3.14. The normalized spacial score (nSPS) is 10.4. The third-order valence-corrected chi connectivity index (χ3v) is 2.62. The summed E-state index contributed by atoms with van der Waals surface area (Å²) in [5.74, 6) is -2.13. The van der Waals surface area contributed by atoms with Crippen LogP contribution in [0, 0.1) is 13.8 Å². The molecule has 0 fully saturated rings. The zero-order valence-electron chi connectivity index (χ0n) is 11.9. The molecule has 0 atom stereocenters. The van der Waals surface area contributed by atoms with Crippen LogP contribution >= 0.6 is 0 Å². The SMILES string of the molecule is CCOC(=O)C(C(=O)OCC)c1cc(C)cc(C)c1. The molecule has 0 spiro atoms. The molecule has 104 valence electrons. The van der Waals surface area contributed by atoms with Crippen LogP contribution in [0.2, 0.25) is 0 Å². The number of benzene rings is 1. The molecule has 0 saturated heterocycles. The standard InChI is InChI=1S/C15H20O4/c1-5-18-14(16)13(15(17)19-6-2)12-8-10(3)7-11(4)9-12/h7-9,13H,5-6H2,1-4H3.